The number of benzene rings is 2. The predicted octanol–water partition coefficient (Wildman–Crippen LogP) is 4.03. The van der Waals surface area contributed by atoms with Gasteiger partial charge in [-0.3, -0.25) is 19.3 Å². The molecule has 0 radical (unpaired) electrons. The molecular formula is C24H20N8O. The number of nitrogens with zero attached hydrogens (tertiary/aromatic N) is 6. The van der Waals surface area contributed by atoms with Crippen LogP contribution in [0.3, 0.4) is 0 Å². The minimum atomic E-state index is -0.339. The van der Waals surface area contributed by atoms with Crippen molar-refractivity contribution in [1.82, 2.24) is 29.5 Å². The Morgan fingerprint density at radius 3 is 2.67 bits per heavy atom. The highest BCUT2D eigenvalue weighted by Crippen LogP contribution is 2.23. The van der Waals surface area contributed by atoms with Gasteiger partial charge in [0.2, 0.25) is 0 Å². The van der Waals surface area contributed by atoms with E-state index in [0.29, 0.717) is 17.3 Å². The highest BCUT2D eigenvalue weighted by molar-refractivity contribution is 6.03. The molecule has 9 nitrogen and oxygen atoms in total. The number of rotatable bonds is 6. The number of nitrogens with one attached hydrogen (secondary N) is 2. The highest BCUT2D eigenvalue weighted by Gasteiger charge is 2.12. The largest absolute Gasteiger partial charge is 0.362 e. The van der Waals surface area contributed by atoms with Gasteiger partial charge in [-0.1, -0.05) is 30.3 Å². The molecule has 1 atom stereocenters. The van der Waals surface area contributed by atoms with Gasteiger partial charge >= 0.3 is 0 Å². The summed E-state index contributed by atoms with van der Waals surface area (Å²) in [6.45, 7) is 2.07. The van der Waals surface area contributed by atoms with Crippen molar-refractivity contribution in [2.75, 3.05) is 10.6 Å². The molecule has 162 valence electrons. The number of hydrogen-bond acceptors (Lipinski definition) is 7. The first-order valence-corrected chi connectivity index (χ1v) is 10.4. The maximum absolute atomic E-state index is 12.4. The SMILES string of the molecule is C[C@H](Nc1cncc(-n2cnc3ccc(NC(=O)c4cnccn4)cc32)n1)c1ccccc1. The van der Waals surface area contributed by atoms with Crippen molar-refractivity contribution >= 4 is 28.4 Å². The van der Waals surface area contributed by atoms with E-state index in [1.807, 2.05) is 34.9 Å². The van der Waals surface area contributed by atoms with Crippen LogP contribution in [0.4, 0.5) is 11.5 Å². The van der Waals surface area contributed by atoms with Crippen LogP contribution in [0.5, 0.6) is 0 Å². The topological polar surface area (TPSA) is 111 Å². The predicted molar refractivity (Wildman–Crippen MR) is 125 cm³/mol. The van der Waals surface area contributed by atoms with E-state index in [1.54, 1.807) is 24.8 Å². The molecule has 0 aliphatic heterocycles. The van der Waals surface area contributed by atoms with Crippen molar-refractivity contribution < 1.29 is 4.79 Å². The van der Waals surface area contributed by atoms with Crippen LogP contribution in [0.1, 0.15) is 29.0 Å². The Morgan fingerprint density at radius 2 is 1.85 bits per heavy atom. The molecule has 0 saturated carbocycles. The molecule has 2 aromatic carbocycles. The van der Waals surface area contributed by atoms with E-state index in [0.717, 1.165) is 16.6 Å². The molecule has 33 heavy (non-hydrogen) atoms. The maximum Gasteiger partial charge on any atom is 0.275 e. The normalized spacial score (nSPS) is 11.8. The number of fused-ring (bicyclic) bond motifs is 1. The molecule has 2 N–H and O–H groups in total. The number of hydrogen-bond donors (Lipinski definition) is 2. The van der Waals surface area contributed by atoms with Gasteiger partial charge in [-0.15, -0.1) is 0 Å². The molecule has 9 heteroatoms. The minimum Gasteiger partial charge on any atom is -0.362 e. The number of anilines is 2. The smallest absolute Gasteiger partial charge is 0.275 e. The molecule has 3 heterocycles. The number of carbonyl (C=O) groups is 1. The standard InChI is InChI=1S/C24H20N8O/c1-16(17-5-3-2-4-6-17)29-22-13-26-14-23(31-22)32-15-28-19-8-7-18(11-21(19)32)30-24(33)20-12-25-9-10-27-20/h2-16H,1H3,(H,29,31)(H,30,33)/t16-/m0/s1. The Labute approximate surface area is 189 Å². The van der Waals surface area contributed by atoms with Crippen LogP contribution in [0.15, 0.2) is 85.8 Å². The van der Waals surface area contributed by atoms with Gasteiger partial charge in [0, 0.05) is 24.1 Å². The fourth-order valence-corrected chi connectivity index (χ4v) is 3.47. The Bertz CT molecular complexity index is 1400. The summed E-state index contributed by atoms with van der Waals surface area (Å²) in [6.07, 6.45) is 9.46. The van der Waals surface area contributed by atoms with E-state index in [4.69, 9.17) is 4.98 Å². The van der Waals surface area contributed by atoms with Crippen LogP contribution in [-0.2, 0) is 0 Å². The average molecular weight is 436 g/mol. The maximum atomic E-state index is 12.4. The van der Waals surface area contributed by atoms with Gasteiger partial charge in [0.15, 0.2) is 5.82 Å². The van der Waals surface area contributed by atoms with Gasteiger partial charge in [-0.05, 0) is 30.7 Å². The van der Waals surface area contributed by atoms with Gasteiger partial charge in [0.25, 0.3) is 5.91 Å². The summed E-state index contributed by atoms with van der Waals surface area (Å²) in [5.41, 5.74) is 3.56. The zero-order valence-electron chi connectivity index (χ0n) is 17.8. The summed E-state index contributed by atoms with van der Waals surface area (Å²) in [5, 5.41) is 6.23. The lowest BCUT2D eigenvalue weighted by molar-refractivity contribution is 0.102. The molecule has 0 unspecified atom stereocenters. The lowest BCUT2D eigenvalue weighted by atomic mass is 10.1. The van der Waals surface area contributed by atoms with Crippen LogP contribution < -0.4 is 10.6 Å². The van der Waals surface area contributed by atoms with Crippen molar-refractivity contribution in [1.29, 1.82) is 0 Å². The Kier molecular flexibility index (Phi) is 5.42. The van der Waals surface area contributed by atoms with Crippen molar-refractivity contribution in [2.45, 2.75) is 13.0 Å². The first-order chi connectivity index (χ1) is 16.2. The average Bonchev–Trinajstić information content (AvgIpc) is 3.28. The van der Waals surface area contributed by atoms with Crippen molar-refractivity contribution in [3.63, 3.8) is 0 Å². The summed E-state index contributed by atoms with van der Waals surface area (Å²) < 4.78 is 1.83. The van der Waals surface area contributed by atoms with Gasteiger partial charge in [-0.25, -0.2) is 15.0 Å². The Balaban J connectivity index is 1.41. The third-order valence-electron chi connectivity index (χ3n) is 5.13. The van der Waals surface area contributed by atoms with Crippen molar-refractivity contribution in [2.24, 2.45) is 0 Å². The van der Waals surface area contributed by atoms with Crippen LogP contribution in [-0.4, -0.2) is 35.4 Å². The zero-order valence-corrected chi connectivity index (χ0v) is 17.8. The molecule has 0 fully saturated rings. The second-order valence-electron chi connectivity index (χ2n) is 7.40. The minimum absolute atomic E-state index is 0.0678. The van der Waals surface area contributed by atoms with Gasteiger partial charge in [0.05, 0.1) is 29.6 Å². The fraction of sp³-hybridized carbons (Fsp3) is 0.0833. The summed E-state index contributed by atoms with van der Waals surface area (Å²) in [6, 6.07) is 15.7. The first-order valence-electron chi connectivity index (χ1n) is 10.4. The van der Waals surface area contributed by atoms with E-state index >= 15 is 0 Å². The molecular weight excluding hydrogens is 416 g/mol. The first kappa shape index (κ1) is 20.3. The monoisotopic (exact) mass is 436 g/mol. The zero-order chi connectivity index (χ0) is 22.6. The lowest BCUT2D eigenvalue weighted by Crippen LogP contribution is -2.13. The number of amides is 1. The molecule has 0 spiro atoms. The van der Waals surface area contributed by atoms with Crippen LogP contribution >= 0.6 is 0 Å². The Hall–Kier alpha value is -4.66. The third kappa shape index (κ3) is 4.38. The number of carbonyl (C=O) groups excluding carboxylic acids is 1. The molecule has 0 bridgehead atoms. The van der Waals surface area contributed by atoms with Crippen molar-refractivity contribution in [3.8, 4) is 5.82 Å². The molecule has 5 aromatic rings. The van der Waals surface area contributed by atoms with E-state index in [1.165, 1.54) is 18.6 Å². The Morgan fingerprint density at radius 1 is 0.970 bits per heavy atom. The van der Waals surface area contributed by atoms with E-state index < -0.39 is 0 Å². The molecule has 1 amide bonds. The quantitative estimate of drug-likeness (QED) is 0.413. The molecule has 0 aliphatic rings. The van der Waals surface area contributed by atoms with Crippen LogP contribution in [0, 0.1) is 0 Å². The molecule has 5 rings (SSSR count). The second-order valence-corrected chi connectivity index (χ2v) is 7.40. The number of imidazole rings is 1. The molecule has 0 saturated heterocycles. The van der Waals surface area contributed by atoms with Crippen LogP contribution in [0.25, 0.3) is 16.9 Å². The summed E-state index contributed by atoms with van der Waals surface area (Å²) in [7, 11) is 0. The van der Waals surface area contributed by atoms with Gasteiger partial charge in [0.1, 0.15) is 17.8 Å². The summed E-state index contributed by atoms with van der Waals surface area (Å²) in [5.74, 6) is 0.924. The van der Waals surface area contributed by atoms with Crippen molar-refractivity contribution in [3.05, 3.63) is 97.1 Å². The van der Waals surface area contributed by atoms with Crippen LogP contribution in [0.2, 0.25) is 0 Å². The van der Waals surface area contributed by atoms with E-state index in [9.17, 15) is 4.79 Å². The van der Waals surface area contributed by atoms with Gasteiger partial charge < -0.3 is 10.6 Å². The fourth-order valence-electron chi connectivity index (χ4n) is 3.47. The lowest BCUT2D eigenvalue weighted by Gasteiger charge is -2.15. The second kappa shape index (κ2) is 8.83. The van der Waals surface area contributed by atoms with E-state index in [-0.39, 0.29) is 17.6 Å². The molecule has 3 aromatic heterocycles. The highest BCUT2D eigenvalue weighted by atomic mass is 16.1. The molecule has 0 aliphatic carbocycles. The third-order valence-corrected chi connectivity index (χ3v) is 5.13. The van der Waals surface area contributed by atoms with E-state index in [2.05, 4.69) is 49.6 Å². The van der Waals surface area contributed by atoms with Gasteiger partial charge in [-0.2, -0.15) is 0 Å². The summed E-state index contributed by atoms with van der Waals surface area (Å²) in [4.78, 5) is 33.9. The summed E-state index contributed by atoms with van der Waals surface area (Å²) >= 11 is 0. The number of aromatic nitrogens is 6.